The van der Waals surface area contributed by atoms with Gasteiger partial charge in [-0.05, 0) is 18.3 Å². The first-order chi connectivity index (χ1) is 5.38. The minimum absolute atomic E-state index is 0.582. The molecule has 2 aliphatic rings. The summed E-state index contributed by atoms with van der Waals surface area (Å²) in [4.78, 5) is 0. The quantitative estimate of drug-likeness (QED) is 0.575. The van der Waals surface area contributed by atoms with E-state index in [0.29, 0.717) is 6.04 Å². The molecular formula is C10H19N. The van der Waals surface area contributed by atoms with Gasteiger partial charge in [-0.2, -0.15) is 0 Å². The molecule has 2 atom stereocenters. The van der Waals surface area contributed by atoms with Crippen LogP contribution in [-0.4, -0.2) is 6.04 Å². The highest BCUT2D eigenvalue weighted by Gasteiger charge is 2.39. The molecule has 2 saturated carbocycles. The molecule has 1 heteroatoms. The van der Waals surface area contributed by atoms with Gasteiger partial charge in [0.1, 0.15) is 0 Å². The van der Waals surface area contributed by atoms with E-state index in [1.165, 1.54) is 44.9 Å². The van der Waals surface area contributed by atoms with Crippen molar-refractivity contribution in [2.24, 2.45) is 17.6 Å². The summed E-state index contributed by atoms with van der Waals surface area (Å²) in [7, 11) is 0. The Morgan fingerprint density at radius 2 is 1.45 bits per heavy atom. The second-order valence-electron chi connectivity index (χ2n) is 4.32. The van der Waals surface area contributed by atoms with Crippen molar-refractivity contribution in [3.05, 3.63) is 0 Å². The molecule has 11 heavy (non-hydrogen) atoms. The first-order valence-electron chi connectivity index (χ1n) is 5.13. The molecule has 0 radical (unpaired) electrons. The average molecular weight is 153 g/mol. The molecule has 2 aliphatic carbocycles. The van der Waals surface area contributed by atoms with Crippen molar-refractivity contribution in [2.45, 2.75) is 51.0 Å². The van der Waals surface area contributed by atoms with Gasteiger partial charge in [-0.15, -0.1) is 0 Å². The fourth-order valence-electron chi connectivity index (χ4n) is 2.52. The van der Waals surface area contributed by atoms with Crippen molar-refractivity contribution in [3.8, 4) is 0 Å². The summed E-state index contributed by atoms with van der Waals surface area (Å²) in [5, 5.41) is 0. The summed E-state index contributed by atoms with van der Waals surface area (Å²) in [6, 6.07) is 0.582. The molecule has 2 fully saturated rings. The Morgan fingerprint density at radius 1 is 0.909 bits per heavy atom. The molecule has 0 aromatic carbocycles. The molecule has 1 nitrogen and oxygen atoms in total. The molecule has 0 saturated heterocycles. The Hall–Kier alpha value is -0.0400. The van der Waals surface area contributed by atoms with Crippen LogP contribution >= 0.6 is 0 Å². The van der Waals surface area contributed by atoms with E-state index in [0.717, 1.165) is 11.8 Å². The normalized spacial score (nSPS) is 40.1. The highest BCUT2D eigenvalue weighted by molar-refractivity contribution is 4.94. The van der Waals surface area contributed by atoms with Crippen molar-refractivity contribution in [1.82, 2.24) is 0 Å². The molecule has 64 valence electrons. The van der Waals surface area contributed by atoms with Crippen LogP contribution in [0, 0.1) is 11.8 Å². The van der Waals surface area contributed by atoms with Gasteiger partial charge in [0.2, 0.25) is 0 Å². The summed E-state index contributed by atoms with van der Waals surface area (Å²) in [5.74, 6) is 1.93. The SMILES string of the molecule is N[C@@H]1C[C@H]1C1CCCCCC1. The van der Waals surface area contributed by atoms with Crippen LogP contribution in [0.15, 0.2) is 0 Å². The third-order valence-corrected chi connectivity index (χ3v) is 3.40. The second kappa shape index (κ2) is 3.14. The zero-order valence-corrected chi connectivity index (χ0v) is 7.26. The number of hydrogen-bond acceptors (Lipinski definition) is 1. The van der Waals surface area contributed by atoms with E-state index in [1.807, 2.05) is 0 Å². The lowest BCUT2D eigenvalue weighted by Gasteiger charge is -2.11. The lowest BCUT2D eigenvalue weighted by Crippen LogP contribution is -2.10. The van der Waals surface area contributed by atoms with Gasteiger partial charge in [-0.25, -0.2) is 0 Å². The molecule has 0 unspecified atom stereocenters. The van der Waals surface area contributed by atoms with Crippen LogP contribution in [0.3, 0.4) is 0 Å². The first kappa shape index (κ1) is 7.60. The van der Waals surface area contributed by atoms with Gasteiger partial charge in [-0.3, -0.25) is 0 Å². The van der Waals surface area contributed by atoms with Gasteiger partial charge in [0, 0.05) is 6.04 Å². The molecule has 0 aromatic rings. The van der Waals surface area contributed by atoms with E-state index >= 15 is 0 Å². The maximum absolute atomic E-state index is 5.85. The zero-order valence-electron chi connectivity index (χ0n) is 7.26. The minimum Gasteiger partial charge on any atom is -0.327 e. The van der Waals surface area contributed by atoms with Crippen LogP contribution in [0.4, 0.5) is 0 Å². The topological polar surface area (TPSA) is 26.0 Å². The summed E-state index contributed by atoms with van der Waals surface area (Å²) in [6.07, 6.45) is 10.1. The first-order valence-corrected chi connectivity index (χ1v) is 5.13. The van der Waals surface area contributed by atoms with Gasteiger partial charge in [0.05, 0.1) is 0 Å². The van der Waals surface area contributed by atoms with Crippen LogP contribution in [0.25, 0.3) is 0 Å². The van der Waals surface area contributed by atoms with E-state index < -0.39 is 0 Å². The lowest BCUT2D eigenvalue weighted by molar-refractivity contribution is 0.399. The largest absolute Gasteiger partial charge is 0.327 e. The highest BCUT2D eigenvalue weighted by Crippen LogP contribution is 2.42. The molecule has 0 aliphatic heterocycles. The molecular weight excluding hydrogens is 134 g/mol. The fraction of sp³-hybridized carbons (Fsp3) is 1.00. The lowest BCUT2D eigenvalue weighted by atomic mass is 9.95. The van der Waals surface area contributed by atoms with Crippen molar-refractivity contribution in [1.29, 1.82) is 0 Å². The second-order valence-corrected chi connectivity index (χ2v) is 4.32. The van der Waals surface area contributed by atoms with Gasteiger partial charge >= 0.3 is 0 Å². The minimum atomic E-state index is 0.582. The van der Waals surface area contributed by atoms with Gasteiger partial charge in [-0.1, -0.05) is 38.5 Å². The smallest absolute Gasteiger partial charge is 0.00737 e. The molecule has 0 aromatic heterocycles. The van der Waals surface area contributed by atoms with Crippen LogP contribution in [-0.2, 0) is 0 Å². The molecule has 2 N–H and O–H groups in total. The molecule has 0 spiro atoms. The van der Waals surface area contributed by atoms with Crippen LogP contribution in [0.1, 0.15) is 44.9 Å². The van der Waals surface area contributed by atoms with E-state index in [2.05, 4.69) is 0 Å². The third kappa shape index (κ3) is 1.76. The van der Waals surface area contributed by atoms with E-state index in [4.69, 9.17) is 5.73 Å². The average Bonchev–Trinajstić information content (AvgIpc) is 2.71. The predicted octanol–water partition coefficient (Wildman–Crippen LogP) is 2.30. The monoisotopic (exact) mass is 153 g/mol. The summed E-state index contributed by atoms with van der Waals surface area (Å²) in [6.45, 7) is 0. The standard InChI is InChI=1S/C10H19N/c11-10-7-9(10)8-5-3-1-2-4-6-8/h8-10H,1-7,11H2/t9-,10+/m0/s1. The highest BCUT2D eigenvalue weighted by atomic mass is 14.7. The van der Waals surface area contributed by atoms with Gasteiger partial charge in [0.25, 0.3) is 0 Å². The van der Waals surface area contributed by atoms with E-state index in [-0.39, 0.29) is 0 Å². The Balaban J connectivity index is 1.82. The van der Waals surface area contributed by atoms with Crippen molar-refractivity contribution in [2.75, 3.05) is 0 Å². The molecule has 0 bridgehead atoms. The summed E-state index contributed by atoms with van der Waals surface area (Å²) in [5.41, 5.74) is 5.85. The van der Waals surface area contributed by atoms with E-state index in [9.17, 15) is 0 Å². The Bertz CT molecular complexity index is 125. The van der Waals surface area contributed by atoms with Crippen LogP contribution < -0.4 is 5.73 Å². The van der Waals surface area contributed by atoms with Crippen LogP contribution in [0.2, 0.25) is 0 Å². The van der Waals surface area contributed by atoms with Gasteiger partial charge < -0.3 is 5.73 Å². The summed E-state index contributed by atoms with van der Waals surface area (Å²) < 4.78 is 0. The van der Waals surface area contributed by atoms with Crippen LogP contribution in [0.5, 0.6) is 0 Å². The maximum atomic E-state index is 5.85. The molecule has 2 rings (SSSR count). The Morgan fingerprint density at radius 3 is 1.91 bits per heavy atom. The third-order valence-electron chi connectivity index (χ3n) is 3.40. The van der Waals surface area contributed by atoms with Gasteiger partial charge in [0.15, 0.2) is 0 Å². The van der Waals surface area contributed by atoms with Crippen molar-refractivity contribution >= 4 is 0 Å². The fourth-order valence-corrected chi connectivity index (χ4v) is 2.52. The van der Waals surface area contributed by atoms with E-state index in [1.54, 1.807) is 0 Å². The van der Waals surface area contributed by atoms with Crippen molar-refractivity contribution < 1.29 is 0 Å². The number of rotatable bonds is 1. The maximum Gasteiger partial charge on any atom is 0.00737 e. The Labute approximate surface area is 69.4 Å². The van der Waals surface area contributed by atoms with Crippen molar-refractivity contribution in [3.63, 3.8) is 0 Å². The molecule has 0 heterocycles. The molecule has 0 amide bonds. The Kier molecular flexibility index (Phi) is 2.17. The predicted molar refractivity (Wildman–Crippen MR) is 47.3 cm³/mol. The number of nitrogens with two attached hydrogens (primary N) is 1. The zero-order chi connectivity index (χ0) is 7.68. The number of hydrogen-bond donors (Lipinski definition) is 1. The summed E-state index contributed by atoms with van der Waals surface area (Å²) >= 11 is 0.